The average molecular weight is 1140 g/mol. The summed E-state index contributed by atoms with van der Waals surface area (Å²) in [6.45, 7) is 6.36. The number of carbonyl (C=O) groups is 3. The molecule has 0 N–H and O–H groups in total. The van der Waals surface area contributed by atoms with E-state index in [1.165, 1.54) is 135 Å². The summed E-state index contributed by atoms with van der Waals surface area (Å²) < 4.78 is 16.8. The van der Waals surface area contributed by atoms with Crippen LogP contribution >= 0.6 is 0 Å². The number of hydrogen-bond donors (Lipinski definition) is 0. The Kier molecular flexibility index (Phi) is 65.3. The molecule has 466 valence electrons. The lowest BCUT2D eigenvalue weighted by molar-refractivity contribution is -0.167. The van der Waals surface area contributed by atoms with E-state index < -0.39 is 6.10 Å². The number of ether oxygens (including phenoxy) is 3. The second kappa shape index (κ2) is 69.0. The van der Waals surface area contributed by atoms with Crippen molar-refractivity contribution in [2.45, 2.75) is 316 Å². The Morgan fingerprint density at radius 3 is 0.744 bits per heavy atom. The van der Waals surface area contributed by atoms with Gasteiger partial charge in [0.2, 0.25) is 0 Å². The lowest BCUT2D eigenvalue weighted by atomic mass is 10.0. The smallest absolute Gasteiger partial charge is 0.306 e. The Labute approximate surface area is 506 Å². The molecule has 0 bridgehead atoms. The van der Waals surface area contributed by atoms with Crippen LogP contribution in [0.5, 0.6) is 0 Å². The molecule has 0 aromatic rings. The van der Waals surface area contributed by atoms with Crippen molar-refractivity contribution in [3.8, 4) is 0 Å². The monoisotopic (exact) mass is 1130 g/mol. The standard InChI is InChI=1S/C76H126O6/c1-4-7-10-13-16-18-20-22-24-26-28-30-32-34-35-36-37-38-39-40-41-43-44-46-48-50-52-54-56-58-60-63-66-69-75(78)81-72-73(71-80-74(77)68-65-62-15-12-9-6-3)82-76(79)70-67-64-61-59-57-55-53-51-49-47-45-42-33-31-29-27-25-23-21-19-17-14-11-8-5-2/h7-8,10-11,16-19,22-25,28-31,34-35,37-38,42,45,73H,4-6,9,12-15,20-21,26-27,32-33,36,39-41,43-44,46-72H2,1-3H3/b10-7-,11-8-,18-16-,19-17-,24-22-,25-23-,30-28-,31-29-,35-34-,38-37-,45-42-. The minimum atomic E-state index is -0.782. The lowest BCUT2D eigenvalue weighted by Gasteiger charge is -2.18. The van der Waals surface area contributed by atoms with Crippen LogP contribution in [0.2, 0.25) is 0 Å². The maximum atomic E-state index is 12.9. The van der Waals surface area contributed by atoms with Gasteiger partial charge < -0.3 is 14.2 Å². The molecule has 0 aromatic heterocycles. The topological polar surface area (TPSA) is 78.9 Å². The van der Waals surface area contributed by atoms with Gasteiger partial charge in [-0.2, -0.15) is 0 Å². The number of carbonyl (C=O) groups excluding carboxylic acids is 3. The maximum Gasteiger partial charge on any atom is 0.306 e. The number of unbranched alkanes of at least 4 members (excludes halogenated alkanes) is 28. The van der Waals surface area contributed by atoms with E-state index in [-0.39, 0.29) is 31.1 Å². The van der Waals surface area contributed by atoms with Crippen LogP contribution < -0.4 is 0 Å². The quantitative estimate of drug-likeness (QED) is 0.0261. The van der Waals surface area contributed by atoms with E-state index in [2.05, 4.69) is 154 Å². The Bertz CT molecular complexity index is 1730. The van der Waals surface area contributed by atoms with Gasteiger partial charge in [-0.1, -0.05) is 309 Å². The van der Waals surface area contributed by atoms with Crippen molar-refractivity contribution in [1.29, 1.82) is 0 Å². The molecule has 0 saturated heterocycles. The first-order chi connectivity index (χ1) is 40.5. The minimum Gasteiger partial charge on any atom is -0.462 e. The predicted molar refractivity (Wildman–Crippen MR) is 357 cm³/mol. The Morgan fingerprint density at radius 2 is 0.476 bits per heavy atom. The highest BCUT2D eigenvalue weighted by atomic mass is 16.6. The molecule has 1 atom stereocenters. The van der Waals surface area contributed by atoms with Gasteiger partial charge in [-0.15, -0.1) is 0 Å². The van der Waals surface area contributed by atoms with E-state index in [0.717, 1.165) is 135 Å². The van der Waals surface area contributed by atoms with E-state index in [1.54, 1.807) is 0 Å². The molecule has 0 amide bonds. The normalized spacial score (nSPS) is 13.0. The van der Waals surface area contributed by atoms with Gasteiger partial charge in [-0.3, -0.25) is 14.4 Å². The molecule has 0 heterocycles. The van der Waals surface area contributed by atoms with E-state index in [0.29, 0.717) is 19.3 Å². The summed E-state index contributed by atoms with van der Waals surface area (Å²) in [7, 11) is 0. The third-order valence-corrected chi connectivity index (χ3v) is 14.4. The van der Waals surface area contributed by atoms with E-state index in [1.807, 2.05) is 0 Å². The molecule has 0 spiro atoms. The van der Waals surface area contributed by atoms with Gasteiger partial charge in [0, 0.05) is 19.3 Å². The van der Waals surface area contributed by atoms with Crippen molar-refractivity contribution in [3.63, 3.8) is 0 Å². The lowest BCUT2D eigenvalue weighted by Crippen LogP contribution is -2.30. The van der Waals surface area contributed by atoms with Crippen molar-refractivity contribution < 1.29 is 28.6 Å². The number of allylic oxidation sites excluding steroid dienone is 22. The number of hydrogen-bond acceptors (Lipinski definition) is 6. The Morgan fingerprint density at radius 1 is 0.256 bits per heavy atom. The molecule has 0 aromatic carbocycles. The Hall–Kier alpha value is -4.45. The fourth-order valence-electron chi connectivity index (χ4n) is 9.36. The summed E-state index contributed by atoms with van der Waals surface area (Å²) in [5.74, 6) is -0.892. The summed E-state index contributed by atoms with van der Waals surface area (Å²) in [4.78, 5) is 38.1. The first-order valence-corrected chi connectivity index (χ1v) is 34.2. The van der Waals surface area contributed by atoms with Crippen LogP contribution in [0.15, 0.2) is 134 Å². The van der Waals surface area contributed by atoms with E-state index in [4.69, 9.17) is 14.2 Å². The number of rotatable bonds is 61. The highest BCUT2D eigenvalue weighted by molar-refractivity contribution is 5.71. The van der Waals surface area contributed by atoms with Gasteiger partial charge in [0.15, 0.2) is 6.10 Å². The number of esters is 3. The Balaban J connectivity index is 4.06. The van der Waals surface area contributed by atoms with Crippen LogP contribution in [0.1, 0.15) is 310 Å². The van der Waals surface area contributed by atoms with E-state index in [9.17, 15) is 14.4 Å². The predicted octanol–water partition coefficient (Wildman–Crippen LogP) is 23.7. The molecule has 1 unspecified atom stereocenters. The molecule has 0 radical (unpaired) electrons. The fourth-order valence-corrected chi connectivity index (χ4v) is 9.36. The maximum absolute atomic E-state index is 12.9. The minimum absolute atomic E-state index is 0.0810. The van der Waals surface area contributed by atoms with Crippen LogP contribution in [0, 0.1) is 0 Å². The molecule has 6 nitrogen and oxygen atoms in total. The molecule has 0 aliphatic carbocycles. The molecule has 0 aliphatic rings. The molecule has 0 fully saturated rings. The van der Waals surface area contributed by atoms with Crippen molar-refractivity contribution in [1.82, 2.24) is 0 Å². The van der Waals surface area contributed by atoms with Gasteiger partial charge in [-0.05, 0) is 116 Å². The van der Waals surface area contributed by atoms with Crippen molar-refractivity contribution >= 4 is 17.9 Å². The third-order valence-electron chi connectivity index (χ3n) is 14.4. The fraction of sp³-hybridized carbons (Fsp3) is 0.671. The summed E-state index contributed by atoms with van der Waals surface area (Å²) in [6, 6.07) is 0. The third kappa shape index (κ3) is 66.4. The highest BCUT2D eigenvalue weighted by Gasteiger charge is 2.19. The van der Waals surface area contributed by atoms with Crippen LogP contribution in [0.3, 0.4) is 0 Å². The molecule has 0 aliphatic heterocycles. The second-order valence-corrected chi connectivity index (χ2v) is 22.3. The molecular weight excluding hydrogens is 1010 g/mol. The van der Waals surface area contributed by atoms with Crippen LogP contribution in [-0.4, -0.2) is 37.2 Å². The first kappa shape index (κ1) is 77.5. The van der Waals surface area contributed by atoms with Gasteiger partial charge in [0.05, 0.1) is 0 Å². The van der Waals surface area contributed by atoms with E-state index >= 15 is 0 Å². The molecule has 0 rings (SSSR count). The second-order valence-electron chi connectivity index (χ2n) is 22.3. The van der Waals surface area contributed by atoms with Crippen molar-refractivity contribution in [2.24, 2.45) is 0 Å². The van der Waals surface area contributed by atoms with Gasteiger partial charge >= 0.3 is 17.9 Å². The molecular formula is C76H126O6. The first-order valence-electron chi connectivity index (χ1n) is 34.2. The van der Waals surface area contributed by atoms with Crippen LogP contribution in [-0.2, 0) is 28.6 Å². The van der Waals surface area contributed by atoms with Crippen molar-refractivity contribution in [3.05, 3.63) is 134 Å². The zero-order valence-corrected chi connectivity index (χ0v) is 53.5. The highest BCUT2D eigenvalue weighted by Crippen LogP contribution is 2.16. The molecule has 6 heteroatoms. The summed E-state index contributed by atoms with van der Waals surface area (Å²) in [6.07, 6.45) is 97.9. The average Bonchev–Trinajstić information content (AvgIpc) is 3.47. The van der Waals surface area contributed by atoms with Crippen molar-refractivity contribution in [2.75, 3.05) is 13.2 Å². The SMILES string of the molecule is CC/C=C\C/C=C\C/C=C\C/C=C\C/C=C\C/C=C\CCCCCCCCCCCCCCCCC(=O)OCC(COC(=O)CCCCCCCC)OC(=O)CCCCCCCCCCC/C=C\C/C=C\C/C=C\C/C=C\C/C=C\CC. The van der Waals surface area contributed by atoms with Crippen LogP contribution in [0.25, 0.3) is 0 Å². The largest absolute Gasteiger partial charge is 0.462 e. The van der Waals surface area contributed by atoms with Crippen LogP contribution in [0.4, 0.5) is 0 Å². The molecule has 0 saturated carbocycles. The summed E-state index contributed by atoms with van der Waals surface area (Å²) >= 11 is 0. The zero-order valence-electron chi connectivity index (χ0n) is 53.5. The van der Waals surface area contributed by atoms with Gasteiger partial charge in [-0.25, -0.2) is 0 Å². The summed E-state index contributed by atoms with van der Waals surface area (Å²) in [5, 5.41) is 0. The zero-order chi connectivity index (χ0) is 59.2. The van der Waals surface area contributed by atoms with Gasteiger partial charge in [0.25, 0.3) is 0 Å². The van der Waals surface area contributed by atoms with Gasteiger partial charge in [0.1, 0.15) is 13.2 Å². The molecule has 82 heavy (non-hydrogen) atoms. The summed E-state index contributed by atoms with van der Waals surface area (Å²) in [5.41, 5.74) is 0.